The van der Waals surface area contributed by atoms with Crippen LogP contribution in [-0.4, -0.2) is 4.98 Å². The summed E-state index contributed by atoms with van der Waals surface area (Å²) in [7, 11) is 0. The lowest BCUT2D eigenvalue weighted by atomic mass is 10.0. The molecule has 0 saturated carbocycles. The lowest BCUT2D eigenvalue weighted by Crippen LogP contribution is -1.85. The lowest BCUT2D eigenvalue weighted by molar-refractivity contribution is 0.529. The molecular weight excluding hydrogens is 298 g/mol. The number of hydrogen-bond acceptors (Lipinski definition) is 2. The SMILES string of the molecule is CCCCCCCCCCCCCCCCCCc1nccs1. The van der Waals surface area contributed by atoms with Gasteiger partial charge in [-0.25, -0.2) is 4.98 Å². The molecule has 0 bridgehead atoms. The molecule has 134 valence electrons. The van der Waals surface area contributed by atoms with Crippen LogP contribution in [0.1, 0.15) is 115 Å². The van der Waals surface area contributed by atoms with E-state index in [1.807, 2.05) is 6.20 Å². The molecule has 1 rings (SSSR count). The molecule has 2 heteroatoms. The third-order valence-electron chi connectivity index (χ3n) is 4.73. The molecule has 0 atom stereocenters. The number of aromatic nitrogens is 1. The van der Waals surface area contributed by atoms with Crippen molar-refractivity contribution in [3.63, 3.8) is 0 Å². The van der Waals surface area contributed by atoms with E-state index in [0.29, 0.717) is 0 Å². The van der Waals surface area contributed by atoms with Gasteiger partial charge in [-0.3, -0.25) is 0 Å². The fraction of sp³-hybridized carbons (Fsp3) is 0.857. The van der Waals surface area contributed by atoms with Gasteiger partial charge in [0.2, 0.25) is 0 Å². The first-order chi connectivity index (χ1) is 11.4. The van der Waals surface area contributed by atoms with Crippen molar-refractivity contribution in [3.8, 4) is 0 Å². The predicted octanol–water partition coefficient (Wildman–Crippen LogP) is 7.95. The monoisotopic (exact) mass is 337 g/mol. The van der Waals surface area contributed by atoms with Crippen LogP contribution < -0.4 is 0 Å². The van der Waals surface area contributed by atoms with Gasteiger partial charge < -0.3 is 0 Å². The third-order valence-corrected chi connectivity index (χ3v) is 5.57. The number of hydrogen-bond donors (Lipinski definition) is 0. The standard InChI is InChI=1S/C21H39NS/c1-2-3-4-5-6-7-8-9-10-11-12-13-14-15-16-17-18-21-22-19-20-23-21/h19-20H,2-18H2,1H3. The molecule has 0 saturated heterocycles. The molecule has 0 aliphatic carbocycles. The van der Waals surface area contributed by atoms with Crippen molar-refractivity contribution in [2.45, 2.75) is 116 Å². The average Bonchev–Trinajstić information content (AvgIpc) is 3.08. The molecule has 1 aromatic heterocycles. The van der Waals surface area contributed by atoms with Crippen molar-refractivity contribution in [3.05, 3.63) is 16.6 Å². The van der Waals surface area contributed by atoms with E-state index >= 15 is 0 Å². The lowest BCUT2D eigenvalue weighted by Gasteiger charge is -2.03. The molecule has 1 nitrogen and oxygen atoms in total. The molecule has 0 radical (unpaired) electrons. The van der Waals surface area contributed by atoms with Crippen molar-refractivity contribution < 1.29 is 0 Å². The van der Waals surface area contributed by atoms with Crippen LogP contribution in [0.2, 0.25) is 0 Å². The third kappa shape index (κ3) is 13.7. The molecule has 0 aliphatic heterocycles. The van der Waals surface area contributed by atoms with E-state index in [1.165, 1.54) is 114 Å². The van der Waals surface area contributed by atoms with E-state index < -0.39 is 0 Å². The number of unbranched alkanes of at least 4 members (excludes halogenated alkanes) is 15. The van der Waals surface area contributed by atoms with Gasteiger partial charge >= 0.3 is 0 Å². The topological polar surface area (TPSA) is 12.9 Å². The minimum absolute atomic E-state index is 1.19. The van der Waals surface area contributed by atoms with Crippen molar-refractivity contribution >= 4 is 11.3 Å². The van der Waals surface area contributed by atoms with E-state index in [9.17, 15) is 0 Å². The highest BCUT2D eigenvalue weighted by molar-refractivity contribution is 7.09. The highest BCUT2D eigenvalue weighted by Gasteiger charge is 1.96. The second kappa shape index (κ2) is 16.5. The molecule has 23 heavy (non-hydrogen) atoms. The van der Waals surface area contributed by atoms with Gasteiger partial charge in [0.1, 0.15) is 0 Å². The second-order valence-corrected chi connectivity index (χ2v) is 7.96. The van der Waals surface area contributed by atoms with Crippen molar-refractivity contribution in [1.29, 1.82) is 0 Å². The van der Waals surface area contributed by atoms with Crippen molar-refractivity contribution in [2.24, 2.45) is 0 Å². The summed E-state index contributed by atoms with van der Waals surface area (Å²) in [6.45, 7) is 2.29. The summed E-state index contributed by atoms with van der Waals surface area (Å²) >= 11 is 1.80. The molecule has 0 unspecified atom stereocenters. The van der Waals surface area contributed by atoms with Gasteiger partial charge in [-0.15, -0.1) is 11.3 Å². The maximum atomic E-state index is 4.34. The highest BCUT2D eigenvalue weighted by atomic mass is 32.1. The summed E-state index contributed by atoms with van der Waals surface area (Å²) in [5.74, 6) is 0. The van der Waals surface area contributed by atoms with Crippen molar-refractivity contribution in [1.82, 2.24) is 4.98 Å². The summed E-state index contributed by atoms with van der Waals surface area (Å²) in [5.41, 5.74) is 0. The van der Waals surface area contributed by atoms with Crippen LogP contribution >= 0.6 is 11.3 Å². The van der Waals surface area contributed by atoms with E-state index in [1.54, 1.807) is 11.3 Å². The fourth-order valence-electron chi connectivity index (χ4n) is 3.20. The molecule has 0 spiro atoms. The quantitative estimate of drug-likeness (QED) is 0.263. The second-order valence-electron chi connectivity index (χ2n) is 6.98. The van der Waals surface area contributed by atoms with Crippen LogP contribution in [-0.2, 0) is 6.42 Å². The van der Waals surface area contributed by atoms with E-state index in [-0.39, 0.29) is 0 Å². The van der Waals surface area contributed by atoms with Crippen LogP contribution in [0.5, 0.6) is 0 Å². The first-order valence-electron chi connectivity index (χ1n) is 10.3. The summed E-state index contributed by atoms with van der Waals surface area (Å²) in [5, 5.41) is 3.40. The van der Waals surface area contributed by atoms with Gasteiger partial charge in [0.05, 0.1) is 5.01 Å². The predicted molar refractivity (Wildman–Crippen MR) is 105 cm³/mol. The summed E-state index contributed by atoms with van der Waals surface area (Å²) < 4.78 is 0. The molecule has 0 aromatic carbocycles. The van der Waals surface area contributed by atoms with Crippen LogP contribution in [0.3, 0.4) is 0 Å². The number of rotatable bonds is 17. The molecular formula is C21H39NS. The van der Waals surface area contributed by atoms with Crippen LogP contribution in [0, 0.1) is 0 Å². The van der Waals surface area contributed by atoms with Crippen LogP contribution in [0.4, 0.5) is 0 Å². The Hall–Kier alpha value is -0.370. The van der Waals surface area contributed by atoms with Gasteiger partial charge in [-0.1, -0.05) is 103 Å². The Balaban J connectivity index is 1.67. The Morgan fingerprint density at radius 1 is 0.652 bits per heavy atom. The number of aryl methyl sites for hydroxylation is 1. The van der Waals surface area contributed by atoms with Gasteiger partial charge in [0.25, 0.3) is 0 Å². The molecule has 0 N–H and O–H groups in total. The zero-order valence-electron chi connectivity index (χ0n) is 15.5. The number of nitrogens with zero attached hydrogens (tertiary/aromatic N) is 1. The van der Waals surface area contributed by atoms with E-state index in [2.05, 4.69) is 17.3 Å². The molecule has 0 amide bonds. The highest BCUT2D eigenvalue weighted by Crippen LogP contribution is 2.14. The molecule has 0 fully saturated rings. The van der Waals surface area contributed by atoms with E-state index in [4.69, 9.17) is 0 Å². The minimum atomic E-state index is 1.19. The first-order valence-corrected chi connectivity index (χ1v) is 11.2. The summed E-state index contributed by atoms with van der Waals surface area (Å²) in [6, 6.07) is 0. The van der Waals surface area contributed by atoms with Gasteiger partial charge in [0.15, 0.2) is 0 Å². The molecule has 1 heterocycles. The van der Waals surface area contributed by atoms with E-state index in [0.717, 1.165) is 0 Å². The maximum Gasteiger partial charge on any atom is 0.0924 e. The Morgan fingerprint density at radius 3 is 1.48 bits per heavy atom. The Labute approximate surface area is 149 Å². The Morgan fingerprint density at radius 2 is 1.09 bits per heavy atom. The maximum absolute atomic E-state index is 4.34. The van der Waals surface area contributed by atoms with Gasteiger partial charge in [-0.2, -0.15) is 0 Å². The Kier molecular flexibility index (Phi) is 14.8. The summed E-state index contributed by atoms with van der Waals surface area (Å²) in [6.07, 6.45) is 26.2. The van der Waals surface area contributed by atoms with Crippen LogP contribution in [0.25, 0.3) is 0 Å². The normalized spacial score (nSPS) is 11.2. The smallest absolute Gasteiger partial charge is 0.0924 e. The largest absolute Gasteiger partial charge is 0.250 e. The van der Waals surface area contributed by atoms with Gasteiger partial charge in [-0.05, 0) is 12.8 Å². The fourth-order valence-corrected chi connectivity index (χ4v) is 3.86. The number of thiazole rings is 1. The first kappa shape index (κ1) is 20.7. The summed E-state index contributed by atoms with van der Waals surface area (Å²) in [4.78, 5) is 4.34. The molecule has 1 aromatic rings. The minimum Gasteiger partial charge on any atom is -0.250 e. The zero-order valence-corrected chi connectivity index (χ0v) is 16.3. The van der Waals surface area contributed by atoms with Crippen molar-refractivity contribution in [2.75, 3.05) is 0 Å². The van der Waals surface area contributed by atoms with Gasteiger partial charge in [0, 0.05) is 11.6 Å². The molecule has 0 aliphatic rings. The average molecular weight is 338 g/mol. The Bertz CT molecular complexity index is 321. The zero-order chi connectivity index (χ0) is 16.4. The van der Waals surface area contributed by atoms with Crippen LogP contribution in [0.15, 0.2) is 11.6 Å².